The Morgan fingerprint density at radius 1 is 1.07 bits per heavy atom. The molecule has 1 aromatic carbocycles. The highest BCUT2D eigenvalue weighted by Gasteiger charge is 2.39. The van der Waals surface area contributed by atoms with E-state index in [1.54, 1.807) is 0 Å². The van der Waals surface area contributed by atoms with E-state index in [0.29, 0.717) is 0 Å². The molecule has 2 rings (SSSR count). The SMILES string of the molecule is CC(C)[C@@H](NC(=O)Cc1ccccc1)C(=O)NC1CC(C)(C)NC(C)(C)C1. The van der Waals surface area contributed by atoms with Crippen molar-refractivity contribution in [1.29, 1.82) is 0 Å². The van der Waals surface area contributed by atoms with Gasteiger partial charge >= 0.3 is 0 Å². The zero-order chi connectivity index (χ0) is 20.2. The van der Waals surface area contributed by atoms with Gasteiger partial charge < -0.3 is 16.0 Å². The second-order valence-corrected chi connectivity index (χ2v) is 9.46. The maximum Gasteiger partial charge on any atom is 0.243 e. The summed E-state index contributed by atoms with van der Waals surface area (Å²) in [7, 11) is 0. The minimum atomic E-state index is -0.526. The smallest absolute Gasteiger partial charge is 0.243 e. The van der Waals surface area contributed by atoms with Crippen LogP contribution in [-0.4, -0.2) is 35.0 Å². The van der Waals surface area contributed by atoms with E-state index in [-0.39, 0.29) is 41.3 Å². The molecule has 0 unspecified atom stereocenters. The third-order valence-corrected chi connectivity index (χ3v) is 5.01. The first-order valence-corrected chi connectivity index (χ1v) is 9.90. The molecule has 27 heavy (non-hydrogen) atoms. The molecule has 2 amide bonds. The molecule has 0 spiro atoms. The summed E-state index contributed by atoms with van der Waals surface area (Å²) in [6.45, 7) is 12.6. The first-order chi connectivity index (χ1) is 12.5. The molecular weight excluding hydrogens is 338 g/mol. The summed E-state index contributed by atoms with van der Waals surface area (Å²) in [4.78, 5) is 25.3. The molecule has 5 nitrogen and oxygen atoms in total. The lowest BCUT2D eigenvalue weighted by Crippen LogP contribution is -2.63. The number of hydrogen-bond donors (Lipinski definition) is 3. The van der Waals surface area contributed by atoms with E-state index >= 15 is 0 Å². The minimum absolute atomic E-state index is 0.0208. The van der Waals surface area contributed by atoms with E-state index in [0.717, 1.165) is 18.4 Å². The summed E-state index contributed by atoms with van der Waals surface area (Å²) in [5.74, 6) is -0.196. The molecule has 150 valence electrons. The predicted octanol–water partition coefficient (Wildman–Crippen LogP) is 2.80. The van der Waals surface area contributed by atoms with Crippen LogP contribution in [0.15, 0.2) is 30.3 Å². The van der Waals surface area contributed by atoms with E-state index in [4.69, 9.17) is 0 Å². The number of nitrogens with one attached hydrogen (secondary N) is 3. The van der Waals surface area contributed by atoms with Crippen molar-refractivity contribution in [3.63, 3.8) is 0 Å². The van der Waals surface area contributed by atoms with Crippen molar-refractivity contribution in [2.45, 2.75) is 84.0 Å². The van der Waals surface area contributed by atoms with Crippen LogP contribution >= 0.6 is 0 Å². The Bertz CT molecular complexity index is 637. The van der Waals surface area contributed by atoms with E-state index in [9.17, 15) is 9.59 Å². The lowest BCUT2D eigenvalue weighted by Gasteiger charge is -2.47. The number of rotatable bonds is 6. The monoisotopic (exact) mass is 373 g/mol. The Morgan fingerprint density at radius 3 is 2.15 bits per heavy atom. The lowest BCUT2D eigenvalue weighted by molar-refractivity contribution is -0.130. The fourth-order valence-corrected chi connectivity index (χ4v) is 4.26. The Balaban J connectivity index is 1.99. The van der Waals surface area contributed by atoms with Gasteiger partial charge in [-0.1, -0.05) is 44.2 Å². The molecule has 1 aliphatic rings. The van der Waals surface area contributed by atoms with Crippen molar-refractivity contribution >= 4 is 11.8 Å². The molecule has 0 aromatic heterocycles. The second kappa shape index (κ2) is 8.42. The average Bonchev–Trinajstić information content (AvgIpc) is 2.50. The molecule has 0 saturated carbocycles. The molecule has 1 heterocycles. The first-order valence-electron chi connectivity index (χ1n) is 9.90. The first kappa shape index (κ1) is 21.4. The molecule has 0 bridgehead atoms. The van der Waals surface area contributed by atoms with Gasteiger partial charge in [0.05, 0.1) is 6.42 Å². The maximum absolute atomic E-state index is 12.9. The highest BCUT2D eigenvalue weighted by Crippen LogP contribution is 2.28. The maximum atomic E-state index is 12.9. The summed E-state index contributed by atoms with van der Waals surface area (Å²) in [5, 5.41) is 9.74. The normalized spacial score (nSPS) is 20.1. The highest BCUT2D eigenvalue weighted by atomic mass is 16.2. The zero-order valence-corrected chi connectivity index (χ0v) is 17.6. The largest absolute Gasteiger partial charge is 0.351 e. The predicted molar refractivity (Wildman–Crippen MR) is 109 cm³/mol. The fraction of sp³-hybridized carbons (Fsp3) is 0.636. The summed E-state index contributed by atoms with van der Waals surface area (Å²) < 4.78 is 0. The number of hydrogen-bond acceptors (Lipinski definition) is 3. The van der Waals surface area contributed by atoms with Crippen LogP contribution in [0.1, 0.15) is 59.9 Å². The van der Waals surface area contributed by atoms with Crippen molar-refractivity contribution in [2.24, 2.45) is 5.92 Å². The van der Waals surface area contributed by atoms with Gasteiger partial charge in [-0.25, -0.2) is 0 Å². The van der Waals surface area contributed by atoms with E-state index in [1.165, 1.54) is 0 Å². The van der Waals surface area contributed by atoms with E-state index < -0.39 is 6.04 Å². The number of benzene rings is 1. The van der Waals surface area contributed by atoms with Crippen molar-refractivity contribution in [3.05, 3.63) is 35.9 Å². The van der Waals surface area contributed by atoms with Crippen LogP contribution in [0, 0.1) is 5.92 Å². The van der Waals surface area contributed by atoms with Gasteiger partial charge in [-0.05, 0) is 52.0 Å². The molecule has 1 aliphatic heterocycles. The summed E-state index contributed by atoms with van der Waals surface area (Å²) in [5.41, 5.74) is 0.868. The van der Waals surface area contributed by atoms with Crippen molar-refractivity contribution in [1.82, 2.24) is 16.0 Å². The quantitative estimate of drug-likeness (QED) is 0.718. The molecular formula is C22H35N3O2. The van der Waals surface area contributed by atoms with Crippen molar-refractivity contribution < 1.29 is 9.59 Å². The molecule has 0 aliphatic carbocycles. The number of carbonyl (C=O) groups is 2. The summed E-state index contributed by atoms with van der Waals surface area (Å²) in [6.07, 6.45) is 2.01. The summed E-state index contributed by atoms with van der Waals surface area (Å²) in [6, 6.07) is 9.16. The van der Waals surface area contributed by atoms with Crippen LogP contribution in [0.4, 0.5) is 0 Å². The summed E-state index contributed by atoms with van der Waals surface area (Å²) >= 11 is 0. The third kappa shape index (κ3) is 6.65. The van der Waals surface area contributed by atoms with Gasteiger partial charge in [-0.15, -0.1) is 0 Å². The van der Waals surface area contributed by atoms with E-state index in [2.05, 4.69) is 43.6 Å². The van der Waals surface area contributed by atoms with Crippen LogP contribution in [0.25, 0.3) is 0 Å². The number of piperidine rings is 1. The third-order valence-electron chi connectivity index (χ3n) is 5.01. The Hall–Kier alpha value is -1.88. The van der Waals surface area contributed by atoms with Crippen molar-refractivity contribution in [2.75, 3.05) is 0 Å². The fourth-order valence-electron chi connectivity index (χ4n) is 4.26. The molecule has 1 saturated heterocycles. The van der Waals surface area contributed by atoms with Crippen LogP contribution in [0.5, 0.6) is 0 Å². The van der Waals surface area contributed by atoms with Gasteiger partial charge in [0, 0.05) is 17.1 Å². The Morgan fingerprint density at radius 2 is 1.63 bits per heavy atom. The molecule has 3 N–H and O–H groups in total. The average molecular weight is 374 g/mol. The van der Waals surface area contributed by atoms with Gasteiger partial charge in [0.25, 0.3) is 0 Å². The van der Waals surface area contributed by atoms with Crippen LogP contribution < -0.4 is 16.0 Å². The van der Waals surface area contributed by atoms with Crippen LogP contribution in [0.2, 0.25) is 0 Å². The molecule has 1 aromatic rings. The van der Waals surface area contributed by atoms with Crippen molar-refractivity contribution in [3.8, 4) is 0 Å². The second-order valence-electron chi connectivity index (χ2n) is 9.46. The molecule has 1 fully saturated rings. The minimum Gasteiger partial charge on any atom is -0.351 e. The van der Waals surface area contributed by atoms with Gasteiger partial charge in [0.15, 0.2) is 0 Å². The molecule has 5 heteroatoms. The van der Waals surface area contributed by atoms with Crippen LogP contribution in [0.3, 0.4) is 0 Å². The van der Waals surface area contributed by atoms with E-state index in [1.807, 2.05) is 44.2 Å². The van der Waals surface area contributed by atoms with Gasteiger partial charge in [-0.2, -0.15) is 0 Å². The Labute approximate surface area is 163 Å². The topological polar surface area (TPSA) is 70.2 Å². The van der Waals surface area contributed by atoms with Gasteiger partial charge in [-0.3, -0.25) is 9.59 Å². The van der Waals surface area contributed by atoms with Crippen LogP contribution in [-0.2, 0) is 16.0 Å². The molecule has 1 atom stereocenters. The van der Waals surface area contributed by atoms with Gasteiger partial charge in [0.2, 0.25) is 11.8 Å². The molecule has 0 radical (unpaired) electrons. The lowest BCUT2D eigenvalue weighted by atomic mass is 9.79. The van der Waals surface area contributed by atoms with Gasteiger partial charge in [0.1, 0.15) is 6.04 Å². The Kier molecular flexibility index (Phi) is 6.68. The number of amides is 2. The standard InChI is InChI=1S/C22H35N3O2/c1-15(2)19(24-18(26)12-16-10-8-7-9-11-16)20(27)23-17-13-21(3,4)25-22(5,6)14-17/h7-11,15,17,19,25H,12-14H2,1-6H3,(H,23,27)(H,24,26)/t19-/m1/s1. The highest BCUT2D eigenvalue weighted by molar-refractivity contribution is 5.88. The number of carbonyl (C=O) groups excluding carboxylic acids is 2. The zero-order valence-electron chi connectivity index (χ0n) is 17.6.